The molecule has 6 heteroatoms. The fourth-order valence-corrected chi connectivity index (χ4v) is 4.35. The van der Waals surface area contributed by atoms with Crippen LogP contribution in [0.15, 0.2) is 29.6 Å². The van der Waals surface area contributed by atoms with Crippen molar-refractivity contribution in [1.29, 1.82) is 0 Å². The Kier molecular flexibility index (Phi) is 4.21. The van der Waals surface area contributed by atoms with E-state index in [4.69, 9.17) is 9.73 Å². The molecule has 0 bridgehead atoms. The van der Waals surface area contributed by atoms with Gasteiger partial charge in [-0.15, -0.1) is 0 Å². The molecule has 1 N–H and O–H groups in total. The summed E-state index contributed by atoms with van der Waals surface area (Å²) in [5, 5.41) is 8.28. The fourth-order valence-electron chi connectivity index (χ4n) is 4.35. The molecule has 0 unspecified atom stereocenters. The van der Waals surface area contributed by atoms with E-state index in [0.29, 0.717) is 12.1 Å². The van der Waals surface area contributed by atoms with Crippen LogP contribution < -0.4 is 5.32 Å². The van der Waals surface area contributed by atoms with Crippen molar-refractivity contribution in [2.45, 2.75) is 57.2 Å². The summed E-state index contributed by atoms with van der Waals surface area (Å²) in [7, 11) is 0. The van der Waals surface area contributed by atoms with Crippen LogP contribution in [-0.4, -0.2) is 39.7 Å². The lowest BCUT2D eigenvalue weighted by atomic mass is 10.0. The van der Waals surface area contributed by atoms with Crippen LogP contribution in [0.25, 0.3) is 0 Å². The minimum Gasteiger partial charge on any atom is -0.381 e. The highest BCUT2D eigenvalue weighted by Gasteiger charge is 2.26. The van der Waals surface area contributed by atoms with Crippen LogP contribution in [0.3, 0.4) is 0 Å². The van der Waals surface area contributed by atoms with E-state index < -0.39 is 0 Å². The number of nitrogens with zero attached hydrogens (tertiary/aromatic N) is 4. The third-order valence-corrected chi connectivity index (χ3v) is 5.82. The second-order valence-electron chi connectivity index (χ2n) is 7.54. The molecule has 2 aliphatic heterocycles. The van der Waals surface area contributed by atoms with Gasteiger partial charge in [0.25, 0.3) is 0 Å². The Bertz CT molecular complexity index is 815. The Hall–Kier alpha value is -2.21. The standard InChI is InChI=1S/C20H25N5O/c1-2-4-17(3-1)25-13-15(12-23-25)19-18-14(11-22-19)5-8-21-20(18)24-16-6-9-26-10-7-16/h5,8,12-13,16-17H,1-4,6-7,9-11H2,(H,21,24). The van der Waals surface area contributed by atoms with Crippen LogP contribution >= 0.6 is 0 Å². The second-order valence-corrected chi connectivity index (χ2v) is 7.54. The van der Waals surface area contributed by atoms with Gasteiger partial charge in [-0.3, -0.25) is 9.67 Å². The SMILES string of the molecule is c1cc2c(c(NC3CCOCC3)n1)C(c1cnn(C3CCCC3)c1)=NC2. The molecule has 1 saturated carbocycles. The predicted octanol–water partition coefficient (Wildman–Crippen LogP) is 3.34. The third kappa shape index (κ3) is 2.92. The largest absolute Gasteiger partial charge is 0.381 e. The van der Waals surface area contributed by atoms with Crippen LogP contribution in [0.1, 0.15) is 61.3 Å². The predicted molar refractivity (Wildman–Crippen MR) is 101 cm³/mol. The van der Waals surface area contributed by atoms with E-state index in [1.165, 1.54) is 31.2 Å². The lowest BCUT2D eigenvalue weighted by Crippen LogP contribution is -2.29. The Labute approximate surface area is 153 Å². The van der Waals surface area contributed by atoms with Crippen LogP contribution in [0.5, 0.6) is 0 Å². The molecule has 1 aliphatic carbocycles. The van der Waals surface area contributed by atoms with Crippen LogP contribution in [-0.2, 0) is 11.3 Å². The lowest BCUT2D eigenvalue weighted by Gasteiger charge is -2.24. The Morgan fingerprint density at radius 2 is 1.96 bits per heavy atom. The molecule has 0 amide bonds. The van der Waals surface area contributed by atoms with Gasteiger partial charge in [0.1, 0.15) is 5.82 Å². The van der Waals surface area contributed by atoms with Gasteiger partial charge in [0.15, 0.2) is 0 Å². The molecule has 6 nitrogen and oxygen atoms in total. The Morgan fingerprint density at radius 3 is 2.81 bits per heavy atom. The summed E-state index contributed by atoms with van der Waals surface area (Å²) in [5.41, 5.74) is 4.55. The zero-order chi connectivity index (χ0) is 17.3. The van der Waals surface area contributed by atoms with Crippen molar-refractivity contribution < 1.29 is 4.74 Å². The number of pyridine rings is 1. The Balaban J connectivity index is 1.43. The molecule has 136 valence electrons. The van der Waals surface area contributed by atoms with Crippen molar-refractivity contribution >= 4 is 11.5 Å². The van der Waals surface area contributed by atoms with Gasteiger partial charge in [-0.2, -0.15) is 5.10 Å². The van der Waals surface area contributed by atoms with Gasteiger partial charge < -0.3 is 10.1 Å². The van der Waals surface area contributed by atoms with Gasteiger partial charge >= 0.3 is 0 Å². The van der Waals surface area contributed by atoms with E-state index in [1.807, 2.05) is 12.4 Å². The van der Waals surface area contributed by atoms with Crippen molar-refractivity contribution in [3.05, 3.63) is 41.3 Å². The van der Waals surface area contributed by atoms with Crippen LogP contribution in [0.4, 0.5) is 5.82 Å². The molecule has 0 radical (unpaired) electrons. The minimum atomic E-state index is 0.422. The average molecular weight is 351 g/mol. The minimum absolute atomic E-state index is 0.422. The topological polar surface area (TPSA) is 64.3 Å². The number of rotatable bonds is 4. The first-order valence-corrected chi connectivity index (χ1v) is 9.80. The zero-order valence-electron chi connectivity index (χ0n) is 15.0. The molecule has 2 aromatic heterocycles. The molecular weight excluding hydrogens is 326 g/mol. The number of ether oxygens (including phenoxy) is 1. The van der Waals surface area contributed by atoms with E-state index in [2.05, 4.69) is 32.3 Å². The highest BCUT2D eigenvalue weighted by molar-refractivity contribution is 6.17. The molecule has 3 aliphatic rings. The van der Waals surface area contributed by atoms with E-state index in [0.717, 1.165) is 55.3 Å². The molecule has 1 saturated heterocycles. The summed E-state index contributed by atoms with van der Waals surface area (Å²) in [6.07, 6.45) is 13.2. The first-order chi connectivity index (χ1) is 12.9. The highest BCUT2D eigenvalue weighted by Crippen LogP contribution is 2.32. The molecule has 0 spiro atoms. The van der Waals surface area contributed by atoms with Gasteiger partial charge in [0, 0.05) is 42.8 Å². The maximum atomic E-state index is 5.48. The maximum absolute atomic E-state index is 5.48. The van der Waals surface area contributed by atoms with Gasteiger partial charge in [0.05, 0.1) is 24.5 Å². The van der Waals surface area contributed by atoms with Crippen LogP contribution in [0.2, 0.25) is 0 Å². The molecule has 5 rings (SSSR count). The number of hydrogen-bond acceptors (Lipinski definition) is 5. The summed E-state index contributed by atoms with van der Waals surface area (Å²) < 4.78 is 7.62. The van der Waals surface area contributed by atoms with Gasteiger partial charge in [-0.25, -0.2) is 4.98 Å². The molecule has 4 heterocycles. The van der Waals surface area contributed by atoms with Gasteiger partial charge in [-0.05, 0) is 37.3 Å². The fraction of sp³-hybridized carbons (Fsp3) is 0.550. The van der Waals surface area contributed by atoms with Crippen molar-refractivity contribution in [2.75, 3.05) is 18.5 Å². The zero-order valence-corrected chi connectivity index (χ0v) is 15.0. The number of fused-ring (bicyclic) bond motifs is 1. The normalized spacial score (nSPS) is 21.0. The highest BCUT2D eigenvalue weighted by atomic mass is 16.5. The molecule has 2 fully saturated rings. The monoisotopic (exact) mass is 351 g/mol. The van der Waals surface area contributed by atoms with E-state index in [-0.39, 0.29) is 0 Å². The quantitative estimate of drug-likeness (QED) is 0.918. The molecule has 26 heavy (non-hydrogen) atoms. The molecule has 0 atom stereocenters. The average Bonchev–Trinajstić information content (AvgIpc) is 3.42. The summed E-state index contributed by atoms with van der Waals surface area (Å²) in [6.45, 7) is 2.37. The summed E-state index contributed by atoms with van der Waals surface area (Å²) in [6, 6.07) is 3.06. The number of hydrogen-bond donors (Lipinski definition) is 1. The Morgan fingerprint density at radius 1 is 1.12 bits per heavy atom. The van der Waals surface area contributed by atoms with Crippen molar-refractivity contribution in [2.24, 2.45) is 4.99 Å². The van der Waals surface area contributed by atoms with Crippen molar-refractivity contribution in [3.63, 3.8) is 0 Å². The summed E-state index contributed by atoms with van der Waals surface area (Å²) in [5.74, 6) is 0.958. The summed E-state index contributed by atoms with van der Waals surface area (Å²) in [4.78, 5) is 9.47. The number of aromatic nitrogens is 3. The van der Waals surface area contributed by atoms with Gasteiger partial charge in [0.2, 0.25) is 0 Å². The number of nitrogens with one attached hydrogen (secondary N) is 1. The maximum Gasteiger partial charge on any atom is 0.135 e. The van der Waals surface area contributed by atoms with Crippen molar-refractivity contribution in [3.8, 4) is 0 Å². The first-order valence-electron chi connectivity index (χ1n) is 9.80. The van der Waals surface area contributed by atoms with Crippen LogP contribution in [0, 0.1) is 0 Å². The molecular formula is C20H25N5O. The lowest BCUT2D eigenvalue weighted by molar-refractivity contribution is 0.0904. The van der Waals surface area contributed by atoms with E-state index in [1.54, 1.807) is 0 Å². The van der Waals surface area contributed by atoms with E-state index >= 15 is 0 Å². The second kappa shape index (κ2) is 6.83. The van der Waals surface area contributed by atoms with E-state index in [9.17, 15) is 0 Å². The van der Waals surface area contributed by atoms with Gasteiger partial charge in [-0.1, -0.05) is 12.8 Å². The number of anilines is 1. The third-order valence-electron chi connectivity index (χ3n) is 5.82. The summed E-state index contributed by atoms with van der Waals surface area (Å²) >= 11 is 0. The molecule has 2 aromatic rings. The molecule has 0 aromatic carbocycles. The first kappa shape index (κ1) is 16.0. The number of aliphatic imine (C=N–C) groups is 1. The smallest absolute Gasteiger partial charge is 0.135 e. The van der Waals surface area contributed by atoms with Crippen molar-refractivity contribution in [1.82, 2.24) is 14.8 Å².